The van der Waals surface area contributed by atoms with E-state index in [-0.39, 0.29) is 11.7 Å². The topological polar surface area (TPSA) is 83.7 Å². The van der Waals surface area contributed by atoms with E-state index in [9.17, 15) is 9.90 Å². The predicted molar refractivity (Wildman–Crippen MR) is 103 cm³/mol. The fraction of sp³-hybridized carbons (Fsp3) is 0.286. The molecule has 1 amide bonds. The number of para-hydroxylation sites is 2. The summed E-state index contributed by atoms with van der Waals surface area (Å²) >= 11 is 0. The van der Waals surface area contributed by atoms with Crippen LogP contribution < -0.4 is 15.4 Å². The normalized spacial score (nSPS) is 16.2. The number of nitrogens with one attached hydrogen (secondary N) is 2. The molecular weight excluding hydrogens is 344 g/mol. The quantitative estimate of drug-likeness (QED) is 0.660. The van der Waals surface area contributed by atoms with Crippen molar-refractivity contribution < 1.29 is 19.1 Å². The van der Waals surface area contributed by atoms with Crippen LogP contribution in [0.2, 0.25) is 0 Å². The zero-order valence-electron chi connectivity index (χ0n) is 15.1. The second-order valence-corrected chi connectivity index (χ2v) is 6.80. The van der Waals surface area contributed by atoms with Crippen LogP contribution in [0.3, 0.4) is 0 Å². The van der Waals surface area contributed by atoms with Crippen molar-refractivity contribution in [1.29, 1.82) is 0 Å². The summed E-state index contributed by atoms with van der Waals surface area (Å²) in [4.78, 5) is 12.6. The molecule has 3 N–H and O–H groups in total. The zero-order chi connectivity index (χ0) is 18.9. The van der Waals surface area contributed by atoms with Gasteiger partial charge < -0.3 is 24.9 Å². The van der Waals surface area contributed by atoms with Gasteiger partial charge in [0.05, 0.1) is 18.4 Å². The minimum Gasteiger partial charge on any atom is -0.495 e. The Balaban J connectivity index is 1.60. The molecule has 0 spiro atoms. The molecule has 2 aromatic carbocycles. The van der Waals surface area contributed by atoms with Crippen molar-refractivity contribution in [3.05, 3.63) is 59.9 Å². The van der Waals surface area contributed by atoms with Gasteiger partial charge in [-0.1, -0.05) is 18.2 Å². The minimum absolute atomic E-state index is 0.213. The number of ether oxygens (including phenoxy) is 1. The van der Waals surface area contributed by atoms with Crippen molar-refractivity contribution in [2.24, 2.45) is 0 Å². The summed E-state index contributed by atoms with van der Waals surface area (Å²) in [5.41, 5.74) is 1.21. The Morgan fingerprint density at radius 2 is 1.96 bits per heavy atom. The van der Waals surface area contributed by atoms with Crippen LogP contribution in [0.5, 0.6) is 5.75 Å². The van der Waals surface area contributed by atoms with E-state index in [1.807, 2.05) is 30.3 Å². The van der Waals surface area contributed by atoms with E-state index in [0.717, 1.165) is 24.0 Å². The van der Waals surface area contributed by atoms with E-state index in [4.69, 9.17) is 9.15 Å². The number of methoxy groups -OCH3 is 1. The molecular formula is C21H22N2O4. The molecule has 4 rings (SSSR count). The lowest BCUT2D eigenvalue weighted by atomic mass is 9.85. The number of fused-ring (bicyclic) bond motifs is 1. The molecule has 1 aliphatic rings. The van der Waals surface area contributed by atoms with Crippen LogP contribution in [0, 0.1) is 0 Å². The number of amides is 1. The van der Waals surface area contributed by atoms with Gasteiger partial charge in [0.1, 0.15) is 11.3 Å². The fourth-order valence-electron chi connectivity index (χ4n) is 3.51. The van der Waals surface area contributed by atoms with Gasteiger partial charge in [0.15, 0.2) is 5.76 Å². The van der Waals surface area contributed by atoms with Gasteiger partial charge in [-0.2, -0.15) is 0 Å². The average Bonchev–Trinajstić information content (AvgIpc) is 3.12. The number of anilines is 1. The Hall–Kier alpha value is -2.83. The van der Waals surface area contributed by atoms with E-state index >= 15 is 0 Å². The van der Waals surface area contributed by atoms with Crippen LogP contribution in [0.25, 0.3) is 11.0 Å². The Morgan fingerprint density at radius 3 is 2.74 bits per heavy atom. The number of carbonyl (C=O) groups is 1. The van der Waals surface area contributed by atoms with Crippen molar-refractivity contribution in [3.63, 3.8) is 0 Å². The number of benzene rings is 2. The monoisotopic (exact) mass is 366 g/mol. The van der Waals surface area contributed by atoms with Gasteiger partial charge in [-0.05, 0) is 61.8 Å². The largest absolute Gasteiger partial charge is 0.495 e. The molecule has 0 radical (unpaired) electrons. The lowest BCUT2D eigenvalue weighted by Gasteiger charge is -2.33. The molecule has 0 unspecified atom stereocenters. The number of piperidine rings is 1. The van der Waals surface area contributed by atoms with Gasteiger partial charge in [-0.25, -0.2) is 0 Å². The molecule has 3 aromatic rings. The van der Waals surface area contributed by atoms with E-state index in [1.54, 1.807) is 25.3 Å². The smallest absolute Gasteiger partial charge is 0.291 e. The summed E-state index contributed by atoms with van der Waals surface area (Å²) in [6, 6.07) is 14.5. The lowest BCUT2D eigenvalue weighted by Crippen LogP contribution is -2.39. The van der Waals surface area contributed by atoms with Gasteiger partial charge >= 0.3 is 0 Å². The maximum atomic E-state index is 12.6. The molecule has 140 valence electrons. The van der Waals surface area contributed by atoms with E-state index in [0.29, 0.717) is 29.9 Å². The van der Waals surface area contributed by atoms with Crippen LogP contribution in [-0.4, -0.2) is 31.2 Å². The van der Waals surface area contributed by atoms with Gasteiger partial charge in [-0.15, -0.1) is 0 Å². The first kappa shape index (κ1) is 17.6. The molecule has 1 saturated heterocycles. The molecule has 0 saturated carbocycles. The highest BCUT2D eigenvalue weighted by atomic mass is 16.5. The van der Waals surface area contributed by atoms with Crippen molar-refractivity contribution in [2.45, 2.75) is 18.4 Å². The average molecular weight is 366 g/mol. The van der Waals surface area contributed by atoms with E-state index in [2.05, 4.69) is 10.6 Å². The number of hydrogen-bond acceptors (Lipinski definition) is 5. The SMILES string of the molecule is COc1ccccc1NC(=O)c1cc2cc(C3(O)CCNCC3)ccc2o1. The molecule has 1 fully saturated rings. The Morgan fingerprint density at radius 1 is 1.19 bits per heavy atom. The predicted octanol–water partition coefficient (Wildman–Crippen LogP) is 3.26. The maximum Gasteiger partial charge on any atom is 0.291 e. The summed E-state index contributed by atoms with van der Waals surface area (Å²) < 4.78 is 11.0. The molecule has 1 aromatic heterocycles. The summed E-state index contributed by atoms with van der Waals surface area (Å²) in [7, 11) is 1.55. The molecule has 0 atom stereocenters. The third-order valence-electron chi connectivity index (χ3n) is 5.06. The van der Waals surface area contributed by atoms with Crippen LogP contribution in [0.15, 0.2) is 52.9 Å². The van der Waals surface area contributed by atoms with E-state index < -0.39 is 5.60 Å². The van der Waals surface area contributed by atoms with Crippen LogP contribution >= 0.6 is 0 Å². The first-order valence-corrected chi connectivity index (χ1v) is 9.01. The number of furan rings is 1. The summed E-state index contributed by atoms with van der Waals surface area (Å²) in [6.07, 6.45) is 1.33. The van der Waals surface area contributed by atoms with Crippen LogP contribution in [-0.2, 0) is 5.60 Å². The molecule has 1 aliphatic heterocycles. The van der Waals surface area contributed by atoms with Gasteiger partial charge in [0.25, 0.3) is 5.91 Å². The van der Waals surface area contributed by atoms with Gasteiger partial charge in [0.2, 0.25) is 0 Å². The number of aliphatic hydroxyl groups is 1. The Kier molecular flexibility index (Phi) is 4.59. The summed E-state index contributed by atoms with van der Waals surface area (Å²) in [5, 5.41) is 17.8. The minimum atomic E-state index is -0.837. The first-order chi connectivity index (χ1) is 13.1. The van der Waals surface area contributed by atoms with Crippen molar-refractivity contribution >= 4 is 22.6 Å². The number of hydrogen-bond donors (Lipinski definition) is 3. The third kappa shape index (κ3) is 3.41. The zero-order valence-corrected chi connectivity index (χ0v) is 15.1. The van der Waals surface area contributed by atoms with Crippen LogP contribution in [0.1, 0.15) is 29.0 Å². The van der Waals surface area contributed by atoms with E-state index in [1.165, 1.54) is 0 Å². The highest BCUT2D eigenvalue weighted by molar-refractivity contribution is 6.05. The van der Waals surface area contributed by atoms with Crippen LogP contribution in [0.4, 0.5) is 5.69 Å². The second kappa shape index (κ2) is 7.06. The van der Waals surface area contributed by atoms with Crippen molar-refractivity contribution in [2.75, 3.05) is 25.5 Å². The third-order valence-corrected chi connectivity index (χ3v) is 5.06. The highest BCUT2D eigenvalue weighted by Gasteiger charge is 2.31. The molecule has 6 heteroatoms. The second-order valence-electron chi connectivity index (χ2n) is 6.80. The lowest BCUT2D eigenvalue weighted by molar-refractivity contribution is 0.00605. The van der Waals surface area contributed by atoms with Crippen molar-refractivity contribution in [1.82, 2.24) is 5.32 Å². The summed E-state index contributed by atoms with van der Waals surface area (Å²) in [5.74, 6) is 0.445. The standard InChI is InChI=1S/C21H22N2O4/c1-26-18-5-3-2-4-16(18)23-20(24)19-13-14-12-15(6-7-17(14)27-19)21(25)8-10-22-11-9-21/h2-7,12-13,22,25H,8-11H2,1H3,(H,23,24). The highest BCUT2D eigenvalue weighted by Crippen LogP contribution is 2.33. The Labute approximate surface area is 157 Å². The Bertz CT molecular complexity index is 973. The number of carbonyl (C=O) groups excluding carboxylic acids is 1. The van der Waals surface area contributed by atoms with Crippen molar-refractivity contribution in [3.8, 4) is 5.75 Å². The molecule has 27 heavy (non-hydrogen) atoms. The van der Waals surface area contributed by atoms with Gasteiger partial charge in [0, 0.05) is 5.39 Å². The summed E-state index contributed by atoms with van der Waals surface area (Å²) in [6.45, 7) is 1.57. The molecule has 2 heterocycles. The molecule has 0 aliphatic carbocycles. The fourth-order valence-corrected chi connectivity index (χ4v) is 3.51. The molecule has 6 nitrogen and oxygen atoms in total. The molecule has 0 bridgehead atoms. The maximum absolute atomic E-state index is 12.6. The first-order valence-electron chi connectivity index (χ1n) is 9.01. The van der Waals surface area contributed by atoms with Gasteiger partial charge in [-0.3, -0.25) is 4.79 Å². The number of rotatable bonds is 4.